The summed E-state index contributed by atoms with van der Waals surface area (Å²) in [4.78, 5) is 19.4. The molecule has 234 valence electrons. The van der Waals surface area contributed by atoms with Crippen molar-refractivity contribution < 1.29 is 41.8 Å². The van der Waals surface area contributed by atoms with Gasteiger partial charge in [0, 0.05) is 23.1 Å². The average molecular weight is 655 g/mol. The Morgan fingerprint density at radius 2 is 1.64 bits per heavy atom. The van der Waals surface area contributed by atoms with Crippen molar-refractivity contribution in [2.45, 2.75) is 6.36 Å². The molecule has 0 saturated carbocycles. The van der Waals surface area contributed by atoms with Gasteiger partial charge in [-0.3, -0.25) is 4.79 Å². The summed E-state index contributed by atoms with van der Waals surface area (Å²) in [6, 6.07) is 27.5. The van der Waals surface area contributed by atoms with E-state index in [0.29, 0.717) is 27.2 Å². The van der Waals surface area contributed by atoms with Crippen molar-refractivity contribution in [1.29, 1.82) is 0 Å². The second kappa shape index (κ2) is 11.4. The van der Waals surface area contributed by atoms with Gasteiger partial charge in [-0.1, -0.05) is 54.6 Å². The number of methoxy groups -OCH3 is 1. The van der Waals surface area contributed by atoms with Crippen LogP contribution in [0.15, 0.2) is 102 Å². The average Bonchev–Trinajstić information content (AvgIpc) is 3.62. The molecule has 0 amide bonds. The Bertz CT molecular complexity index is 2290. The summed E-state index contributed by atoms with van der Waals surface area (Å²) in [5.74, 6) is -1.68. The normalized spacial score (nSPS) is 11.7. The van der Waals surface area contributed by atoms with Crippen molar-refractivity contribution in [3.63, 3.8) is 0 Å². The van der Waals surface area contributed by atoms with E-state index in [0.717, 1.165) is 50.1 Å². The van der Waals surface area contributed by atoms with Crippen molar-refractivity contribution in [3.05, 3.63) is 108 Å². The minimum Gasteiger partial charge on any atom is -0.539 e. The van der Waals surface area contributed by atoms with Crippen LogP contribution in [0.3, 0.4) is 0 Å². The van der Waals surface area contributed by atoms with Crippen molar-refractivity contribution in [2.75, 3.05) is 12.8 Å². The van der Waals surface area contributed by atoms with E-state index in [4.69, 9.17) is 20.0 Å². The molecule has 4 aromatic carbocycles. The number of anilines is 1. The number of nitrogens with zero attached hydrogens (tertiary/aromatic N) is 3. The molecule has 7 aromatic rings. The molecule has 0 aliphatic heterocycles. The molecule has 0 aliphatic rings. The van der Waals surface area contributed by atoms with Gasteiger partial charge in [0.25, 0.3) is 5.78 Å². The Balaban J connectivity index is 1.38. The number of nitrogen functional groups attached to an aromatic ring is 1. The second-order valence-electron chi connectivity index (χ2n) is 10.3. The van der Waals surface area contributed by atoms with Gasteiger partial charge < -0.3 is 24.8 Å². The number of rotatable bonds is 7. The highest BCUT2D eigenvalue weighted by Gasteiger charge is 2.34. The van der Waals surface area contributed by atoms with E-state index in [1.165, 1.54) is 12.1 Å². The van der Waals surface area contributed by atoms with Gasteiger partial charge in [0.05, 0.1) is 23.8 Å². The number of hydrogen-bond donors (Lipinski definition) is 1. The van der Waals surface area contributed by atoms with E-state index in [1.54, 1.807) is 7.11 Å². The molecule has 0 fully saturated rings. The van der Waals surface area contributed by atoms with Crippen LogP contribution in [0.1, 0.15) is 15.4 Å². The number of alkyl halides is 3. The number of carbonyl (C=O) groups excluding carboxylic acids is 1. The van der Waals surface area contributed by atoms with E-state index in [9.17, 15) is 23.1 Å². The number of fused-ring (bicyclic) bond motifs is 2. The first-order valence-corrected chi connectivity index (χ1v) is 14.8. The molecule has 0 atom stereocenters. The van der Waals surface area contributed by atoms with Gasteiger partial charge in [0.2, 0.25) is 5.69 Å². The zero-order valence-electron chi connectivity index (χ0n) is 24.2. The fourth-order valence-electron chi connectivity index (χ4n) is 5.38. The van der Waals surface area contributed by atoms with E-state index in [1.807, 2.05) is 72.8 Å². The summed E-state index contributed by atoms with van der Waals surface area (Å²) in [6.07, 6.45) is -4.89. The van der Waals surface area contributed by atoms with Crippen LogP contribution >= 0.6 is 11.3 Å². The number of benzene rings is 4. The van der Waals surface area contributed by atoms with E-state index < -0.39 is 29.5 Å². The Morgan fingerprint density at radius 1 is 0.936 bits per heavy atom. The third-order valence-electron chi connectivity index (χ3n) is 7.51. The van der Waals surface area contributed by atoms with Crippen LogP contribution in [-0.4, -0.2) is 29.5 Å². The zero-order valence-corrected chi connectivity index (χ0v) is 25.1. The minimum atomic E-state index is -4.89. The minimum absolute atomic E-state index is 0.0170. The number of ketones is 1. The predicted octanol–water partition coefficient (Wildman–Crippen LogP) is 6.84. The van der Waals surface area contributed by atoms with Gasteiger partial charge in [-0.2, -0.15) is 0 Å². The SMILES string of the molecule is COc1ccc(-c2cc(-c3cccc4ccccc34)nc3sc(C(=O)c4c([O-])on[n+]4-c4ccc(OC(F)(F)F)cc4)c(N)c23)cc1. The molecule has 0 saturated heterocycles. The van der Waals surface area contributed by atoms with Crippen molar-refractivity contribution in [3.8, 4) is 45.5 Å². The maximum absolute atomic E-state index is 14.0. The molecule has 0 aliphatic carbocycles. The highest BCUT2D eigenvalue weighted by molar-refractivity contribution is 7.21. The quantitative estimate of drug-likeness (QED) is 0.146. The van der Waals surface area contributed by atoms with E-state index in [2.05, 4.69) is 10.0 Å². The molecular weight excluding hydrogens is 633 g/mol. The molecule has 3 aromatic heterocycles. The second-order valence-corrected chi connectivity index (χ2v) is 11.3. The molecule has 0 bridgehead atoms. The van der Waals surface area contributed by atoms with Gasteiger partial charge in [-0.25, -0.2) is 4.98 Å². The van der Waals surface area contributed by atoms with Crippen LogP contribution in [0.2, 0.25) is 0 Å². The van der Waals surface area contributed by atoms with Crippen LogP contribution in [-0.2, 0) is 0 Å². The topological polar surface area (TPSA) is 127 Å². The molecule has 2 N–H and O–H groups in total. The molecule has 9 nitrogen and oxygen atoms in total. The van der Waals surface area contributed by atoms with Gasteiger partial charge in [0.1, 0.15) is 21.2 Å². The number of nitrogens with two attached hydrogens (primary N) is 1. The standard InChI is InChI=1S/C34H21F3N4O5S/c1-44-21-13-9-19(10-14-21)25-17-26(24-8-4-6-18-5-2-3-7-23(18)24)39-32-27(25)28(38)31(47-32)30(42)29-33(43)46-40-41(29)20-11-15-22(16-12-20)45-34(35,36)37/h2-17H,1H3,(H2-,38,40,42,43). The molecule has 0 radical (unpaired) electrons. The summed E-state index contributed by atoms with van der Waals surface area (Å²) in [6.45, 7) is 0. The summed E-state index contributed by atoms with van der Waals surface area (Å²) in [5, 5.41) is 19.0. The number of halogens is 3. The molecule has 7 rings (SSSR count). The van der Waals surface area contributed by atoms with E-state index >= 15 is 0 Å². The lowest BCUT2D eigenvalue weighted by Gasteiger charge is -2.11. The summed E-state index contributed by atoms with van der Waals surface area (Å²) in [5.41, 5.74) is 9.37. The smallest absolute Gasteiger partial charge is 0.539 e. The molecule has 47 heavy (non-hydrogen) atoms. The molecular formula is C34H21F3N4O5S. The van der Waals surface area contributed by atoms with Crippen molar-refractivity contribution in [2.24, 2.45) is 0 Å². The lowest BCUT2D eigenvalue weighted by atomic mass is 9.97. The van der Waals surface area contributed by atoms with Crippen LogP contribution < -0.4 is 25.0 Å². The third-order valence-corrected chi connectivity index (χ3v) is 8.61. The number of carbonyl (C=O) groups is 1. The maximum Gasteiger partial charge on any atom is 0.573 e. The third kappa shape index (κ3) is 5.46. The monoisotopic (exact) mass is 654 g/mol. The van der Waals surface area contributed by atoms with E-state index in [-0.39, 0.29) is 16.3 Å². The number of aromatic nitrogens is 3. The fraction of sp³-hybridized carbons (Fsp3) is 0.0588. The first-order chi connectivity index (χ1) is 22.6. The summed E-state index contributed by atoms with van der Waals surface area (Å²) < 4.78 is 52.9. The Morgan fingerprint density at radius 3 is 2.36 bits per heavy atom. The molecule has 13 heteroatoms. The Hall–Kier alpha value is -5.95. The Labute approximate surface area is 267 Å². The van der Waals surface area contributed by atoms with Crippen molar-refractivity contribution >= 4 is 43.8 Å². The number of ether oxygens (including phenoxy) is 2. The molecule has 0 spiro atoms. The highest BCUT2D eigenvalue weighted by atomic mass is 32.1. The van der Waals surface area contributed by atoms with Crippen molar-refractivity contribution in [1.82, 2.24) is 10.3 Å². The Kier molecular flexibility index (Phi) is 7.24. The van der Waals surface area contributed by atoms with Crippen LogP contribution in [0.25, 0.3) is 49.1 Å². The largest absolute Gasteiger partial charge is 0.573 e. The lowest BCUT2D eigenvalue weighted by molar-refractivity contribution is -0.672. The predicted molar refractivity (Wildman–Crippen MR) is 167 cm³/mol. The van der Waals surface area contributed by atoms with Gasteiger partial charge in [-0.05, 0) is 56.9 Å². The fourth-order valence-corrected chi connectivity index (χ4v) is 6.45. The van der Waals surface area contributed by atoms with Crippen LogP contribution in [0, 0.1) is 0 Å². The maximum atomic E-state index is 14.0. The first-order valence-electron chi connectivity index (χ1n) is 14.0. The van der Waals surface area contributed by atoms with Gasteiger partial charge >= 0.3 is 12.1 Å². The molecule has 0 unspecified atom stereocenters. The first kappa shape index (κ1) is 29.7. The van der Waals surface area contributed by atoms with Gasteiger partial charge in [-0.15, -0.1) is 24.5 Å². The molecule has 3 heterocycles. The summed E-state index contributed by atoms with van der Waals surface area (Å²) >= 11 is 1.01. The summed E-state index contributed by atoms with van der Waals surface area (Å²) in [7, 11) is 1.57. The van der Waals surface area contributed by atoms with Crippen LogP contribution in [0.4, 0.5) is 18.9 Å². The highest BCUT2D eigenvalue weighted by Crippen LogP contribution is 2.43. The number of thiophene rings is 1. The zero-order chi connectivity index (χ0) is 32.9. The van der Waals surface area contributed by atoms with Gasteiger partial charge in [0.15, 0.2) is 5.95 Å². The lowest BCUT2D eigenvalue weighted by Crippen LogP contribution is -2.39. The number of pyridine rings is 1. The number of hydrogen-bond acceptors (Lipinski definition) is 9. The van der Waals surface area contributed by atoms with Crippen LogP contribution in [0.5, 0.6) is 17.4 Å².